The number of methoxy groups -OCH3 is 1. The van der Waals surface area contributed by atoms with Gasteiger partial charge in [-0.1, -0.05) is 16.9 Å². The predicted molar refractivity (Wildman–Crippen MR) is 118 cm³/mol. The highest BCUT2D eigenvalue weighted by Crippen LogP contribution is 2.34. The van der Waals surface area contributed by atoms with Crippen LogP contribution in [0.4, 0.5) is 11.4 Å². The van der Waals surface area contributed by atoms with Crippen molar-refractivity contribution < 1.29 is 18.8 Å². The standard InChI is InChI=1S/C22H22N4O4S/c1-14-11-16(25-30-14)13-31-22-17(5-3-9-23-22)21(28)24-15-7-8-19(29-2)18(12-15)26-10-4-6-20(26)27/h3,5,7-9,11-12H,4,6,10,13H2,1-2H3,(H,24,28). The highest BCUT2D eigenvalue weighted by atomic mass is 32.2. The number of carbonyl (C=O) groups is 2. The summed E-state index contributed by atoms with van der Waals surface area (Å²) in [6, 6.07) is 10.6. The molecule has 0 spiro atoms. The number of rotatable bonds is 7. The zero-order chi connectivity index (χ0) is 21.8. The molecule has 3 aromatic rings. The van der Waals surface area contributed by atoms with Crippen LogP contribution in [-0.2, 0) is 10.5 Å². The largest absolute Gasteiger partial charge is 0.495 e. The summed E-state index contributed by atoms with van der Waals surface area (Å²) in [5.41, 5.74) is 2.48. The van der Waals surface area contributed by atoms with Crippen LogP contribution < -0.4 is 15.0 Å². The molecule has 1 aliphatic rings. The van der Waals surface area contributed by atoms with Gasteiger partial charge in [-0.3, -0.25) is 9.59 Å². The molecule has 9 heteroatoms. The minimum atomic E-state index is -0.282. The minimum Gasteiger partial charge on any atom is -0.495 e. The number of hydrogen-bond acceptors (Lipinski definition) is 7. The van der Waals surface area contributed by atoms with Gasteiger partial charge in [0.25, 0.3) is 5.91 Å². The second-order valence-electron chi connectivity index (χ2n) is 7.06. The molecule has 8 nitrogen and oxygen atoms in total. The molecule has 0 aliphatic carbocycles. The first-order valence-corrected chi connectivity index (χ1v) is 10.8. The lowest BCUT2D eigenvalue weighted by atomic mass is 10.2. The number of carbonyl (C=O) groups excluding carboxylic acids is 2. The van der Waals surface area contributed by atoms with Gasteiger partial charge in [-0.2, -0.15) is 0 Å². The molecule has 1 aromatic carbocycles. The van der Waals surface area contributed by atoms with E-state index in [1.807, 2.05) is 13.0 Å². The molecule has 2 aromatic heterocycles. The van der Waals surface area contributed by atoms with E-state index in [1.165, 1.54) is 11.8 Å². The molecule has 4 rings (SSSR count). The van der Waals surface area contributed by atoms with Gasteiger partial charge in [-0.05, 0) is 43.7 Å². The number of benzene rings is 1. The van der Waals surface area contributed by atoms with E-state index in [0.29, 0.717) is 46.4 Å². The van der Waals surface area contributed by atoms with Crippen molar-refractivity contribution in [3.63, 3.8) is 0 Å². The van der Waals surface area contributed by atoms with Crippen molar-refractivity contribution in [2.24, 2.45) is 0 Å². The zero-order valence-electron chi connectivity index (χ0n) is 17.3. The van der Waals surface area contributed by atoms with E-state index in [1.54, 1.807) is 48.5 Å². The number of thioether (sulfide) groups is 1. The Morgan fingerprint density at radius 2 is 2.19 bits per heavy atom. The molecule has 160 valence electrons. The topological polar surface area (TPSA) is 97.6 Å². The van der Waals surface area contributed by atoms with E-state index < -0.39 is 0 Å². The summed E-state index contributed by atoms with van der Waals surface area (Å²) in [7, 11) is 1.56. The molecular weight excluding hydrogens is 416 g/mol. The SMILES string of the molecule is COc1ccc(NC(=O)c2cccnc2SCc2cc(C)on2)cc1N1CCCC1=O. The summed E-state index contributed by atoms with van der Waals surface area (Å²) in [4.78, 5) is 31.2. The maximum absolute atomic E-state index is 13.0. The highest BCUT2D eigenvalue weighted by molar-refractivity contribution is 7.98. The molecule has 31 heavy (non-hydrogen) atoms. The first-order valence-electron chi connectivity index (χ1n) is 9.85. The van der Waals surface area contributed by atoms with Gasteiger partial charge in [-0.25, -0.2) is 4.98 Å². The van der Waals surface area contributed by atoms with Gasteiger partial charge < -0.3 is 19.5 Å². The Balaban J connectivity index is 1.52. The molecule has 0 atom stereocenters. The summed E-state index contributed by atoms with van der Waals surface area (Å²) < 4.78 is 10.5. The monoisotopic (exact) mass is 438 g/mol. The summed E-state index contributed by atoms with van der Waals surface area (Å²) in [6.07, 6.45) is 2.97. The van der Waals surface area contributed by atoms with E-state index in [-0.39, 0.29) is 11.8 Å². The molecule has 0 unspecified atom stereocenters. The van der Waals surface area contributed by atoms with Crippen LogP contribution in [0.15, 0.2) is 52.1 Å². The van der Waals surface area contributed by atoms with Gasteiger partial charge in [0, 0.05) is 36.7 Å². The molecule has 3 heterocycles. The van der Waals surface area contributed by atoms with Gasteiger partial charge in [0.1, 0.15) is 16.5 Å². The van der Waals surface area contributed by atoms with Crippen molar-refractivity contribution in [2.75, 3.05) is 23.9 Å². The Morgan fingerprint density at radius 3 is 2.90 bits per heavy atom. The maximum Gasteiger partial charge on any atom is 0.258 e. The Morgan fingerprint density at radius 1 is 1.32 bits per heavy atom. The first kappa shape index (κ1) is 20.9. The molecule has 1 aliphatic heterocycles. The van der Waals surface area contributed by atoms with Crippen LogP contribution in [-0.4, -0.2) is 35.6 Å². The molecule has 1 fully saturated rings. The van der Waals surface area contributed by atoms with E-state index >= 15 is 0 Å². The molecule has 1 saturated heterocycles. The number of hydrogen-bond donors (Lipinski definition) is 1. The van der Waals surface area contributed by atoms with Gasteiger partial charge in [0.2, 0.25) is 5.91 Å². The summed E-state index contributed by atoms with van der Waals surface area (Å²) in [5.74, 6) is 1.64. The van der Waals surface area contributed by atoms with E-state index in [2.05, 4.69) is 15.5 Å². The minimum absolute atomic E-state index is 0.0517. The predicted octanol–water partition coefficient (Wildman–Crippen LogP) is 4.06. The Hall–Kier alpha value is -3.33. The number of ether oxygens (including phenoxy) is 1. The number of amides is 2. The lowest BCUT2D eigenvalue weighted by Crippen LogP contribution is -2.24. The third-order valence-corrected chi connectivity index (χ3v) is 5.89. The van der Waals surface area contributed by atoms with Gasteiger partial charge in [0.15, 0.2) is 0 Å². The highest BCUT2D eigenvalue weighted by Gasteiger charge is 2.25. The molecule has 0 bridgehead atoms. The Bertz CT molecular complexity index is 1110. The van der Waals surface area contributed by atoms with Crippen molar-refractivity contribution >= 4 is 35.0 Å². The first-order chi connectivity index (χ1) is 15.0. The second kappa shape index (κ2) is 9.22. The average molecular weight is 439 g/mol. The van der Waals surface area contributed by atoms with Crippen LogP contribution in [0.3, 0.4) is 0 Å². The number of anilines is 2. The molecule has 0 radical (unpaired) electrons. The van der Waals surface area contributed by atoms with Crippen molar-refractivity contribution in [1.29, 1.82) is 0 Å². The smallest absolute Gasteiger partial charge is 0.258 e. The number of aryl methyl sites for hydroxylation is 1. The van der Waals surface area contributed by atoms with Crippen molar-refractivity contribution in [1.82, 2.24) is 10.1 Å². The molecule has 2 amide bonds. The average Bonchev–Trinajstić information content (AvgIpc) is 3.40. The number of aromatic nitrogens is 2. The van der Waals surface area contributed by atoms with Crippen molar-refractivity contribution in [3.8, 4) is 5.75 Å². The van der Waals surface area contributed by atoms with E-state index in [0.717, 1.165) is 17.9 Å². The van der Waals surface area contributed by atoms with Gasteiger partial charge >= 0.3 is 0 Å². The second-order valence-corrected chi connectivity index (χ2v) is 8.03. The summed E-state index contributed by atoms with van der Waals surface area (Å²) in [6.45, 7) is 2.47. The number of nitrogens with one attached hydrogen (secondary N) is 1. The van der Waals surface area contributed by atoms with E-state index in [9.17, 15) is 9.59 Å². The van der Waals surface area contributed by atoms with Crippen LogP contribution in [0.2, 0.25) is 0 Å². The van der Waals surface area contributed by atoms with Crippen LogP contribution in [0, 0.1) is 6.92 Å². The van der Waals surface area contributed by atoms with E-state index in [4.69, 9.17) is 9.26 Å². The van der Waals surface area contributed by atoms with Crippen molar-refractivity contribution in [3.05, 3.63) is 59.6 Å². The Labute approximate surface area is 184 Å². The van der Waals surface area contributed by atoms with Gasteiger partial charge in [-0.15, -0.1) is 0 Å². The van der Waals surface area contributed by atoms with Crippen LogP contribution >= 0.6 is 11.8 Å². The Kier molecular flexibility index (Phi) is 6.22. The molecule has 1 N–H and O–H groups in total. The lowest BCUT2D eigenvalue weighted by Gasteiger charge is -2.20. The summed E-state index contributed by atoms with van der Waals surface area (Å²) in [5, 5.41) is 7.49. The van der Waals surface area contributed by atoms with Crippen LogP contribution in [0.25, 0.3) is 0 Å². The quantitative estimate of drug-likeness (QED) is 0.556. The third kappa shape index (κ3) is 4.72. The molecule has 0 saturated carbocycles. The van der Waals surface area contributed by atoms with Crippen molar-refractivity contribution in [2.45, 2.75) is 30.5 Å². The maximum atomic E-state index is 13.0. The molecular formula is C22H22N4O4S. The van der Waals surface area contributed by atoms with Crippen LogP contribution in [0.1, 0.15) is 34.7 Å². The van der Waals surface area contributed by atoms with Gasteiger partial charge in [0.05, 0.1) is 24.1 Å². The zero-order valence-corrected chi connectivity index (χ0v) is 18.1. The number of nitrogens with zero attached hydrogens (tertiary/aromatic N) is 3. The summed E-state index contributed by atoms with van der Waals surface area (Å²) >= 11 is 1.41. The lowest BCUT2D eigenvalue weighted by molar-refractivity contribution is -0.117. The fourth-order valence-electron chi connectivity index (χ4n) is 3.39. The van der Waals surface area contributed by atoms with Crippen LogP contribution in [0.5, 0.6) is 5.75 Å². The fraction of sp³-hybridized carbons (Fsp3) is 0.273. The normalized spacial score (nSPS) is 13.5. The number of pyridine rings is 1. The fourth-order valence-corrected chi connectivity index (χ4v) is 4.26. The third-order valence-electron chi connectivity index (χ3n) is 4.85.